The molecule has 1 amide bonds. The monoisotopic (exact) mass is 862 g/mol. The third-order valence-corrected chi connectivity index (χ3v) is 10.1. The van der Waals surface area contributed by atoms with E-state index in [9.17, 15) is 34.1 Å². The molecule has 342 valence electrons. The number of nitrogens with one attached hydrogen (secondary N) is 1. The molecule has 0 radical (unpaired) electrons. The molecule has 3 unspecified atom stereocenters. The molecule has 0 aromatic heterocycles. The van der Waals surface area contributed by atoms with Gasteiger partial charge in [0.1, 0.15) is 12.7 Å². The first kappa shape index (κ1) is 56.7. The predicted octanol–water partition coefficient (Wildman–Crippen LogP) is 11.9. The fraction of sp³-hybridized carbons (Fsp3) is 0.646. The van der Waals surface area contributed by atoms with E-state index in [-0.39, 0.29) is 12.8 Å². The predicted molar refractivity (Wildman–Crippen MR) is 244 cm³/mol. The van der Waals surface area contributed by atoms with Gasteiger partial charge in [-0.15, -0.1) is 0 Å². The Kier molecular flexibility index (Phi) is 40.0. The summed E-state index contributed by atoms with van der Waals surface area (Å²) in [6.45, 7) is 2.42. The number of unbranched alkanes of at least 4 members (excludes halogenated alkanes) is 13. The molecule has 0 aromatic carbocycles. The van der Waals surface area contributed by atoms with Gasteiger partial charge in [-0.3, -0.25) is 18.6 Å². The maximum atomic E-state index is 12.3. The largest absolute Gasteiger partial charge is 0.480 e. The Hall–Kier alpha value is -3.34. The van der Waals surface area contributed by atoms with Crippen molar-refractivity contribution >= 4 is 25.7 Å². The lowest BCUT2D eigenvalue weighted by atomic mass is 10.1. The van der Waals surface area contributed by atoms with Gasteiger partial charge in [-0.05, 0) is 89.9 Å². The lowest BCUT2D eigenvalue weighted by Crippen LogP contribution is -2.43. The summed E-state index contributed by atoms with van der Waals surface area (Å²) in [4.78, 5) is 45.9. The van der Waals surface area contributed by atoms with Gasteiger partial charge >= 0.3 is 19.8 Å². The maximum Gasteiger partial charge on any atom is 0.472 e. The zero-order chi connectivity index (χ0) is 44.2. The first-order chi connectivity index (χ1) is 29.1. The summed E-state index contributed by atoms with van der Waals surface area (Å²) in [7, 11) is -4.78. The number of hydrogen-bond donors (Lipinski definition) is 4. The second-order valence-electron chi connectivity index (χ2n) is 14.9. The molecule has 0 aliphatic carbocycles. The summed E-state index contributed by atoms with van der Waals surface area (Å²) in [5, 5.41) is 21.8. The van der Waals surface area contributed by atoms with Gasteiger partial charge in [0.2, 0.25) is 5.91 Å². The van der Waals surface area contributed by atoms with Crippen molar-refractivity contribution in [1.29, 1.82) is 0 Å². The molecule has 0 aromatic rings. The average molecular weight is 862 g/mol. The Balaban J connectivity index is 4.01. The highest BCUT2D eigenvalue weighted by atomic mass is 31.2. The van der Waals surface area contributed by atoms with Gasteiger partial charge in [-0.2, -0.15) is 0 Å². The van der Waals surface area contributed by atoms with E-state index in [4.69, 9.17) is 13.8 Å². The average Bonchev–Trinajstić information content (AvgIpc) is 3.22. The van der Waals surface area contributed by atoms with Crippen molar-refractivity contribution in [3.8, 4) is 0 Å². The number of carbonyl (C=O) groups excluding carboxylic acids is 2. The van der Waals surface area contributed by atoms with Gasteiger partial charge in [0.15, 0.2) is 6.04 Å². The number of aliphatic hydroxyl groups is 1. The van der Waals surface area contributed by atoms with Crippen LogP contribution in [-0.4, -0.2) is 64.9 Å². The number of aliphatic hydroxyl groups excluding tert-OH is 1. The van der Waals surface area contributed by atoms with Crippen molar-refractivity contribution in [3.05, 3.63) is 85.1 Å². The number of carboxylic acids is 1. The van der Waals surface area contributed by atoms with E-state index >= 15 is 0 Å². The number of phosphoric acid groups is 1. The molecule has 0 rings (SSSR count). The number of esters is 1. The highest BCUT2D eigenvalue weighted by Crippen LogP contribution is 2.43. The van der Waals surface area contributed by atoms with Crippen molar-refractivity contribution in [2.45, 2.75) is 180 Å². The van der Waals surface area contributed by atoms with Crippen LogP contribution in [0, 0.1) is 0 Å². The highest BCUT2D eigenvalue weighted by Gasteiger charge is 2.28. The highest BCUT2D eigenvalue weighted by molar-refractivity contribution is 7.47. The fourth-order valence-corrected chi connectivity index (χ4v) is 6.44. The van der Waals surface area contributed by atoms with Gasteiger partial charge in [0.05, 0.1) is 13.2 Å². The molecule has 0 aliphatic heterocycles. The summed E-state index contributed by atoms with van der Waals surface area (Å²) in [6.07, 6.45) is 51.8. The van der Waals surface area contributed by atoms with E-state index in [0.29, 0.717) is 12.8 Å². The first-order valence-electron chi connectivity index (χ1n) is 22.6. The Labute approximate surface area is 362 Å². The van der Waals surface area contributed by atoms with E-state index in [2.05, 4.69) is 98.2 Å². The summed E-state index contributed by atoms with van der Waals surface area (Å²) in [6, 6.07) is -1.58. The fourth-order valence-electron chi connectivity index (χ4n) is 5.66. The van der Waals surface area contributed by atoms with Crippen LogP contribution in [0.2, 0.25) is 0 Å². The molecule has 0 spiro atoms. The quantitative estimate of drug-likeness (QED) is 0.0201. The number of ether oxygens (including phenoxy) is 1. The smallest absolute Gasteiger partial charge is 0.472 e. The zero-order valence-corrected chi connectivity index (χ0v) is 37.9. The molecule has 60 heavy (non-hydrogen) atoms. The maximum absolute atomic E-state index is 12.3. The number of rotatable bonds is 41. The molecule has 0 saturated carbocycles. The SMILES string of the molecule is CC/C=C\C/C=C\C/C=C\C/C=C\C/C=C\C/C=C\CCCCC(=O)NC(COP(=O)(O)OCC(O)COC(=O)CCCCCCC/C=C\CCCCCCCC)C(=O)O. The topological polar surface area (TPSA) is 169 Å². The van der Waals surface area contributed by atoms with Crippen LogP contribution < -0.4 is 5.32 Å². The second-order valence-corrected chi connectivity index (χ2v) is 16.3. The van der Waals surface area contributed by atoms with E-state index in [1.165, 1.54) is 38.5 Å². The van der Waals surface area contributed by atoms with Crippen LogP contribution in [0.1, 0.15) is 168 Å². The molecule has 12 heteroatoms. The van der Waals surface area contributed by atoms with Crippen LogP contribution in [-0.2, 0) is 32.7 Å². The first-order valence-corrected chi connectivity index (χ1v) is 24.1. The van der Waals surface area contributed by atoms with Gasteiger partial charge in [0.25, 0.3) is 0 Å². The molecule has 0 heterocycles. The van der Waals surface area contributed by atoms with Gasteiger partial charge < -0.3 is 25.2 Å². The number of carbonyl (C=O) groups is 3. The molecule has 0 fully saturated rings. The minimum atomic E-state index is -4.78. The van der Waals surface area contributed by atoms with Crippen LogP contribution in [0.15, 0.2) is 85.1 Å². The summed E-state index contributed by atoms with van der Waals surface area (Å²) in [5.41, 5.74) is 0. The molecular weight excluding hydrogens is 781 g/mol. The Bertz CT molecular complexity index is 1340. The van der Waals surface area contributed by atoms with Crippen LogP contribution >= 0.6 is 7.82 Å². The van der Waals surface area contributed by atoms with Crippen molar-refractivity contribution in [2.24, 2.45) is 0 Å². The molecule has 0 aliphatic rings. The van der Waals surface area contributed by atoms with E-state index < -0.39 is 57.6 Å². The molecular formula is C48H80NO10P. The number of allylic oxidation sites excluding steroid dienone is 14. The van der Waals surface area contributed by atoms with Crippen molar-refractivity contribution < 1.29 is 47.8 Å². The number of hydrogen-bond acceptors (Lipinski definition) is 8. The van der Waals surface area contributed by atoms with Gasteiger partial charge in [0, 0.05) is 12.8 Å². The second kappa shape index (κ2) is 42.4. The summed E-state index contributed by atoms with van der Waals surface area (Å²) >= 11 is 0. The van der Waals surface area contributed by atoms with Crippen LogP contribution in [0.4, 0.5) is 0 Å². The third kappa shape index (κ3) is 41.4. The Morgan fingerprint density at radius 2 is 0.967 bits per heavy atom. The number of aliphatic carboxylic acids is 1. The molecule has 0 bridgehead atoms. The minimum absolute atomic E-state index is 0.0852. The number of carboxylic acid groups (broad SMARTS) is 1. The number of amides is 1. The normalized spacial score (nSPS) is 14.5. The van der Waals surface area contributed by atoms with E-state index in [1.807, 2.05) is 6.08 Å². The Morgan fingerprint density at radius 1 is 0.550 bits per heavy atom. The van der Waals surface area contributed by atoms with E-state index in [1.54, 1.807) is 0 Å². The van der Waals surface area contributed by atoms with Crippen LogP contribution in [0.25, 0.3) is 0 Å². The Morgan fingerprint density at radius 3 is 1.48 bits per heavy atom. The van der Waals surface area contributed by atoms with Crippen molar-refractivity contribution in [1.82, 2.24) is 5.32 Å². The lowest BCUT2D eigenvalue weighted by molar-refractivity contribution is -0.147. The van der Waals surface area contributed by atoms with Crippen molar-refractivity contribution in [3.63, 3.8) is 0 Å². The van der Waals surface area contributed by atoms with Crippen molar-refractivity contribution in [2.75, 3.05) is 19.8 Å². The van der Waals surface area contributed by atoms with Gasteiger partial charge in [-0.25, -0.2) is 9.36 Å². The summed E-state index contributed by atoms with van der Waals surface area (Å²) in [5.74, 6) is -2.45. The molecule has 11 nitrogen and oxygen atoms in total. The third-order valence-electron chi connectivity index (χ3n) is 9.17. The number of phosphoric ester groups is 1. The molecule has 3 atom stereocenters. The van der Waals surface area contributed by atoms with Gasteiger partial charge in [-0.1, -0.05) is 150 Å². The molecule has 0 saturated heterocycles. The standard InChI is InChI=1S/C48H80NO10P/c1-3-5-7-9-11-13-15-17-19-20-21-22-23-24-26-27-29-31-33-35-37-39-46(51)49-45(48(53)54)43-59-60(55,56)58-42-44(50)41-57-47(52)40-38-36-34-32-30-28-25-18-16-14-12-10-8-6-4-2/h5,7,11,13,17-19,21-22,24-26,29,31,44-45,50H,3-4,6,8-10,12,14-16,20,23,27-28,30,32-43H2,1-2H3,(H,49,51)(H,53,54)(H,55,56)/b7-5-,13-11-,19-17-,22-21-,25-18-,26-24-,31-29-. The lowest BCUT2D eigenvalue weighted by Gasteiger charge is -2.18. The van der Waals surface area contributed by atoms with Crippen LogP contribution in [0.3, 0.4) is 0 Å². The van der Waals surface area contributed by atoms with Crippen LogP contribution in [0.5, 0.6) is 0 Å². The minimum Gasteiger partial charge on any atom is -0.480 e. The summed E-state index contributed by atoms with van der Waals surface area (Å²) < 4.78 is 26.8. The molecule has 4 N–H and O–H groups in total. The van der Waals surface area contributed by atoms with E-state index in [0.717, 1.165) is 89.9 Å². The zero-order valence-electron chi connectivity index (χ0n) is 37.0.